The van der Waals surface area contributed by atoms with Crippen LogP contribution in [0.15, 0.2) is 79.1 Å². The van der Waals surface area contributed by atoms with Gasteiger partial charge in [0.05, 0.1) is 34.7 Å². The number of rotatable bonds is 5. The van der Waals surface area contributed by atoms with Crippen LogP contribution in [0.5, 0.6) is 5.75 Å². The molecular formula is C26H19N5O5. The van der Waals surface area contributed by atoms with Crippen molar-refractivity contribution < 1.29 is 19.2 Å². The first-order valence-electron chi connectivity index (χ1n) is 10.8. The first kappa shape index (κ1) is 22.5. The van der Waals surface area contributed by atoms with Gasteiger partial charge in [-0.2, -0.15) is 0 Å². The summed E-state index contributed by atoms with van der Waals surface area (Å²) in [5.41, 5.74) is 4.42. The molecule has 5 rings (SSSR count). The van der Waals surface area contributed by atoms with Crippen molar-refractivity contribution >= 4 is 40.3 Å². The topological polar surface area (TPSA) is 135 Å². The number of pyridine rings is 1. The average molecular weight is 481 g/mol. The van der Waals surface area contributed by atoms with Gasteiger partial charge in [0, 0.05) is 29.7 Å². The van der Waals surface area contributed by atoms with Crippen molar-refractivity contribution in [2.45, 2.75) is 0 Å². The molecule has 1 aliphatic rings. The number of methoxy groups -OCH3 is 1. The number of hydrogen-bond acceptors (Lipinski definition) is 7. The zero-order valence-electron chi connectivity index (χ0n) is 18.9. The fourth-order valence-corrected chi connectivity index (χ4v) is 3.91. The van der Waals surface area contributed by atoms with Gasteiger partial charge in [-0.15, -0.1) is 0 Å². The number of carbonyl (C=O) groups is 2. The molecule has 3 aromatic carbocycles. The lowest BCUT2D eigenvalue weighted by molar-refractivity contribution is -0.385. The summed E-state index contributed by atoms with van der Waals surface area (Å²) in [5.74, 6) is -0.469. The summed E-state index contributed by atoms with van der Waals surface area (Å²) in [6, 6.07) is 18.2. The number of amides is 2. The minimum Gasteiger partial charge on any atom is -0.490 e. The molecule has 4 aromatic rings. The van der Waals surface area contributed by atoms with Crippen molar-refractivity contribution in [3.8, 4) is 16.9 Å². The summed E-state index contributed by atoms with van der Waals surface area (Å²) in [4.78, 5) is 40.0. The Balaban J connectivity index is 1.44. The Hall–Kier alpha value is -5.25. The molecule has 36 heavy (non-hydrogen) atoms. The van der Waals surface area contributed by atoms with E-state index >= 15 is 0 Å². The van der Waals surface area contributed by atoms with E-state index in [0.29, 0.717) is 39.4 Å². The minimum absolute atomic E-state index is 0.130. The molecule has 10 heteroatoms. The van der Waals surface area contributed by atoms with Crippen LogP contribution in [0.4, 0.5) is 28.4 Å². The molecule has 0 bridgehead atoms. The molecule has 0 saturated carbocycles. The first-order valence-corrected chi connectivity index (χ1v) is 10.8. The number of hydrogen-bond donors (Lipinski definition) is 3. The Kier molecular flexibility index (Phi) is 5.75. The molecule has 0 unspecified atom stereocenters. The minimum atomic E-state index is -0.504. The highest BCUT2D eigenvalue weighted by Crippen LogP contribution is 2.38. The third-order valence-corrected chi connectivity index (χ3v) is 5.71. The predicted octanol–water partition coefficient (Wildman–Crippen LogP) is 5.23. The van der Waals surface area contributed by atoms with Gasteiger partial charge >= 0.3 is 5.69 Å². The lowest BCUT2D eigenvalue weighted by Crippen LogP contribution is -2.13. The fraction of sp³-hybridized carbons (Fsp3) is 0.0385. The van der Waals surface area contributed by atoms with E-state index < -0.39 is 4.92 Å². The molecule has 178 valence electrons. The number of benzene rings is 3. The molecule has 1 aliphatic heterocycles. The van der Waals surface area contributed by atoms with Crippen LogP contribution in [0.25, 0.3) is 11.1 Å². The van der Waals surface area contributed by atoms with E-state index in [1.54, 1.807) is 60.7 Å². The van der Waals surface area contributed by atoms with E-state index in [1.165, 1.54) is 25.6 Å². The maximum Gasteiger partial charge on any atom is 0.310 e. The smallest absolute Gasteiger partial charge is 0.310 e. The van der Waals surface area contributed by atoms with Crippen LogP contribution in [0, 0.1) is 10.1 Å². The van der Waals surface area contributed by atoms with Crippen molar-refractivity contribution in [2.75, 3.05) is 23.1 Å². The number of fused-ring (bicyclic) bond motifs is 2. The Labute approximate surface area is 205 Å². The molecule has 2 heterocycles. The van der Waals surface area contributed by atoms with Crippen LogP contribution in [-0.4, -0.2) is 28.8 Å². The van der Waals surface area contributed by atoms with E-state index in [9.17, 15) is 19.7 Å². The highest BCUT2D eigenvalue weighted by atomic mass is 16.6. The van der Waals surface area contributed by atoms with Gasteiger partial charge in [0.15, 0.2) is 5.75 Å². The number of anilines is 4. The van der Waals surface area contributed by atoms with Crippen molar-refractivity contribution in [1.82, 2.24) is 4.98 Å². The molecule has 0 radical (unpaired) electrons. The maximum absolute atomic E-state index is 13.0. The maximum atomic E-state index is 13.0. The zero-order chi connectivity index (χ0) is 25.2. The van der Waals surface area contributed by atoms with Gasteiger partial charge in [-0.05, 0) is 65.7 Å². The van der Waals surface area contributed by atoms with Gasteiger partial charge in [0.25, 0.3) is 11.8 Å². The van der Waals surface area contributed by atoms with E-state index in [1.807, 2.05) is 0 Å². The van der Waals surface area contributed by atoms with Gasteiger partial charge in [0.2, 0.25) is 0 Å². The molecule has 0 fully saturated rings. The van der Waals surface area contributed by atoms with Crippen LogP contribution < -0.4 is 20.7 Å². The SMILES string of the molecule is COc1cc(-c2ccc3c(c2)Nc2ccc(NC(=O)c4ccncc4)cc2NC3=O)ccc1[N+](=O)[O-]. The number of nitro benzene ring substituents is 1. The van der Waals surface area contributed by atoms with Gasteiger partial charge in [-0.3, -0.25) is 24.7 Å². The summed E-state index contributed by atoms with van der Waals surface area (Å²) in [7, 11) is 1.37. The number of aromatic nitrogens is 1. The van der Waals surface area contributed by atoms with Crippen molar-refractivity contribution in [1.29, 1.82) is 0 Å². The van der Waals surface area contributed by atoms with Gasteiger partial charge < -0.3 is 20.7 Å². The molecule has 0 spiro atoms. The Morgan fingerprint density at radius 2 is 1.67 bits per heavy atom. The molecular weight excluding hydrogens is 462 g/mol. The molecule has 0 saturated heterocycles. The zero-order valence-corrected chi connectivity index (χ0v) is 18.9. The summed E-state index contributed by atoms with van der Waals surface area (Å²) in [6.45, 7) is 0. The number of nitro groups is 1. The Morgan fingerprint density at radius 1 is 0.917 bits per heavy atom. The summed E-state index contributed by atoms with van der Waals surface area (Å²) in [5, 5.41) is 20.2. The molecule has 10 nitrogen and oxygen atoms in total. The second-order valence-corrected chi connectivity index (χ2v) is 7.93. The van der Waals surface area contributed by atoms with Crippen molar-refractivity contribution in [2.24, 2.45) is 0 Å². The summed E-state index contributed by atoms with van der Waals surface area (Å²) < 4.78 is 5.18. The van der Waals surface area contributed by atoms with Gasteiger partial charge in [-0.1, -0.05) is 6.07 Å². The Bertz CT molecular complexity index is 1520. The van der Waals surface area contributed by atoms with Crippen LogP contribution in [0.3, 0.4) is 0 Å². The monoisotopic (exact) mass is 481 g/mol. The van der Waals surface area contributed by atoms with Crippen molar-refractivity contribution in [3.05, 3.63) is 100 Å². The average Bonchev–Trinajstić information content (AvgIpc) is 3.03. The van der Waals surface area contributed by atoms with E-state index in [-0.39, 0.29) is 23.3 Å². The number of nitrogens with one attached hydrogen (secondary N) is 3. The third kappa shape index (κ3) is 4.30. The highest BCUT2D eigenvalue weighted by Gasteiger charge is 2.21. The molecule has 3 N–H and O–H groups in total. The lowest BCUT2D eigenvalue weighted by Gasteiger charge is -2.12. The van der Waals surface area contributed by atoms with Crippen LogP contribution in [0.2, 0.25) is 0 Å². The highest BCUT2D eigenvalue weighted by molar-refractivity contribution is 6.13. The largest absolute Gasteiger partial charge is 0.490 e. The standard InChI is InChI=1S/C26H19N5O5/c1-36-24-13-17(3-7-23(24)31(34)35)16-2-5-19-21(12-16)29-20-6-4-18(14-22(20)30-26(19)33)28-25(32)15-8-10-27-11-9-15/h2-14,29H,1H3,(H,28,32)(H,30,33). The second-order valence-electron chi connectivity index (χ2n) is 7.93. The summed E-state index contributed by atoms with van der Waals surface area (Å²) >= 11 is 0. The molecule has 2 amide bonds. The molecule has 0 aliphatic carbocycles. The summed E-state index contributed by atoms with van der Waals surface area (Å²) in [6.07, 6.45) is 3.07. The third-order valence-electron chi connectivity index (χ3n) is 5.71. The van der Waals surface area contributed by atoms with E-state index in [4.69, 9.17) is 4.74 Å². The number of nitrogens with zero attached hydrogens (tertiary/aromatic N) is 2. The number of carbonyl (C=O) groups excluding carboxylic acids is 2. The van der Waals surface area contributed by atoms with E-state index in [0.717, 1.165) is 5.56 Å². The second kappa shape index (κ2) is 9.18. The van der Waals surface area contributed by atoms with Gasteiger partial charge in [0.1, 0.15) is 0 Å². The normalized spacial score (nSPS) is 11.8. The quantitative estimate of drug-likeness (QED) is 0.262. The van der Waals surface area contributed by atoms with Gasteiger partial charge in [-0.25, -0.2) is 0 Å². The molecule has 0 atom stereocenters. The predicted molar refractivity (Wildman–Crippen MR) is 135 cm³/mol. The van der Waals surface area contributed by atoms with Crippen LogP contribution >= 0.6 is 0 Å². The van der Waals surface area contributed by atoms with Crippen LogP contribution in [-0.2, 0) is 0 Å². The Morgan fingerprint density at radius 3 is 2.42 bits per heavy atom. The molecule has 1 aromatic heterocycles. The van der Waals surface area contributed by atoms with Crippen LogP contribution in [0.1, 0.15) is 20.7 Å². The fourth-order valence-electron chi connectivity index (χ4n) is 3.91. The van der Waals surface area contributed by atoms with Crippen molar-refractivity contribution in [3.63, 3.8) is 0 Å². The number of ether oxygens (including phenoxy) is 1. The lowest BCUT2D eigenvalue weighted by atomic mass is 10.0. The first-order chi connectivity index (χ1) is 17.4. The van der Waals surface area contributed by atoms with E-state index in [2.05, 4.69) is 20.9 Å².